The van der Waals surface area contributed by atoms with E-state index in [2.05, 4.69) is 4.98 Å². The van der Waals surface area contributed by atoms with Crippen LogP contribution in [-0.2, 0) is 0 Å². The molecule has 0 radical (unpaired) electrons. The Hall–Kier alpha value is -3.14. The molecule has 118 valence electrons. The summed E-state index contributed by atoms with van der Waals surface area (Å²) in [4.78, 5) is 4.49. The zero-order chi connectivity index (χ0) is 16.5. The number of nitrogens with zero attached hydrogens (tertiary/aromatic N) is 1. The third-order valence-electron chi connectivity index (χ3n) is 3.91. The minimum absolute atomic E-state index is 0.258. The highest BCUT2D eigenvalue weighted by Gasteiger charge is 2.11. The minimum atomic E-state index is -0.258. The van der Waals surface area contributed by atoms with Crippen LogP contribution in [0.5, 0.6) is 5.75 Å². The normalized spacial score (nSPS) is 10.9. The summed E-state index contributed by atoms with van der Waals surface area (Å²) < 4.78 is 25.0. The molecule has 0 bridgehead atoms. The van der Waals surface area contributed by atoms with Crippen molar-refractivity contribution in [1.82, 2.24) is 4.98 Å². The maximum absolute atomic E-state index is 14.0. The molecule has 0 saturated heterocycles. The quantitative estimate of drug-likeness (QED) is 0.513. The van der Waals surface area contributed by atoms with Gasteiger partial charge in [-0.3, -0.25) is 0 Å². The van der Waals surface area contributed by atoms with Crippen molar-refractivity contribution >= 4 is 11.1 Å². The highest BCUT2D eigenvalue weighted by atomic mass is 19.1. The highest BCUT2D eigenvalue weighted by molar-refractivity contribution is 5.82. The molecule has 0 aliphatic heterocycles. The van der Waals surface area contributed by atoms with Crippen molar-refractivity contribution < 1.29 is 13.5 Å². The largest absolute Gasteiger partial charge is 0.497 e. The van der Waals surface area contributed by atoms with E-state index in [-0.39, 0.29) is 5.82 Å². The standard InChI is InChI=1S/C20H14FNO2/c1-23-15-9-6-13(7-10-15)20-22-18-11-8-14(12-19(18)24-20)16-4-2-3-5-17(16)21/h2-12H,1H3. The predicted octanol–water partition coefficient (Wildman–Crippen LogP) is 5.31. The van der Waals surface area contributed by atoms with Crippen LogP contribution >= 0.6 is 0 Å². The number of rotatable bonds is 3. The molecule has 0 unspecified atom stereocenters. The van der Waals surface area contributed by atoms with Gasteiger partial charge in [-0.1, -0.05) is 24.3 Å². The van der Waals surface area contributed by atoms with Crippen molar-refractivity contribution in [3.63, 3.8) is 0 Å². The molecule has 4 aromatic rings. The van der Waals surface area contributed by atoms with Crippen LogP contribution in [0.15, 0.2) is 71.1 Å². The van der Waals surface area contributed by atoms with Gasteiger partial charge in [-0.05, 0) is 48.0 Å². The topological polar surface area (TPSA) is 35.3 Å². The first-order chi connectivity index (χ1) is 11.7. The molecule has 0 atom stereocenters. The average Bonchev–Trinajstić information content (AvgIpc) is 3.05. The van der Waals surface area contributed by atoms with Gasteiger partial charge in [-0.25, -0.2) is 9.37 Å². The SMILES string of the molecule is COc1ccc(-c2nc3ccc(-c4ccccc4F)cc3o2)cc1. The van der Waals surface area contributed by atoms with Crippen molar-refractivity contribution in [2.24, 2.45) is 0 Å². The summed E-state index contributed by atoms with van der Waals surface area (Å²) in [5, 5.41) is 0. The van der Waals surface area contributed by atoms with Crippen molar-refractivity contribution in [3.05, 3.63) is 72.5 Å². The third-order valence-corrected chi connectivity index (χ3v) is 3.91. The molecule has 4 rings (SSSR count). The van der Waals surface area contributed by atoms with Gasteiger partial charge in [0.25, 0.3) is 0 Å². The van der Waals surface area contributed by atoms with Crippen LogP contribution in [0.3, 0.4) is 0 Å². The monoisotopic (exact) mass is 319 g/mol. The van der Waals surface area contributed by atoms with Gasteiger partial charge in [0.2, 0.25) is 5.89 Å². The zero-order valence-electron chi connectivity index (χ0n) is 13.0. The van der Waals surface area contributed by atoms with E-state index in [1.54, 1.807) is 19.2 Å². The molecule has 1 aromatic heterocycles. The molecule has 0 aliphatic rings. The Labute approximate surface area is 138 Å². The number of aromatic nitrogens is 1. The average molecular weight is 319 g/mol. The van der Waals surface area contributed by atoms with E-state index in [0.717, 1.165) is 22.4 Å². The second-order valence-electron chi connectivity index (χ2n) is 5.41. The van der Waals surface area contributed by atoms with Gasteiger partial charge in [0.15, 0.2) is 5.58 Å². The number of halogens is 1. The van der Waals surface area contributed by atoms with E-state index in [1.807, 2.05) is 48.5 Å². The van der Waals surface area contributed by atoms with E-state index < -0.39 is 0 Å². The summed E-state index contributed by atoms with van der Waals surface area (Å²) in [6, 6.07) is 19.7. The van der Waals surface area contributed by atoms with E-state index in [0.29, 0.717) is 17.0 Å². The van der Waals surface area contributed by atoms with Crippen molar-refractivity contribution in [3.8, 4) is 28.3 Å². The van der Waals surface area contributed by atoms with Crippen LogP contribution in [-0.4, -0.2) is 12.1 Å². The third kappa shape index (κ3) is 2.52. The zero-order valence-corrected chi connectivity index (χ0v) is 13.0. The van der Waals surface area contributed by atoms with Crippen molar-refractivity contribution in [2.75, 3.05) is 7.11 Å². The Morgan fingerprint density at radius 1 is 0.917 bits per heavy atom. The van der Waals surface area contributed by atoms with Gasteiger partial charge in [-0.15, -0.1) is 0 Å². The first kappa shape index (κ1) is 14.5. The van der Waals surface area contributed by atoms with Gasteiger partial charge in [0, 0.05) is 11.1 Å². The van der Waals surface area contributed by atoms with E-state index in [4.69, 9.17) is 9.15 Å². The fourth-order valence-electron chi connectivity index (χ4n) is 2.64. The molecule has 3 aromatic carbocycles. The molecule has 0 aliphatic carbocycles. The Morgan fingerprint density at radius 3 is 2.42 bits per heavy atom. The number of ether oxygens (including phenoxy) is 1. The number of hydrogen-bond donors (Lipinski definition) is 0. The van der Waals surface area contributed by atoms with Crippen LogP contribution in [0.4, 0.5) is 4.39 Å². The van der Waals surface area contributed by atoms with Crippen LogP contribution in [0, 0.1) is 5.82 Å². The van der Waals surface area contributed by atoms with Crippen molar-refractivity contribution in [2.45, 2.75) is 0 Å². The van der Waals surface area contributed by atoms with Gasteiger partial charge >= 0.3 is 0 Å². The lowest BCUT2D eigenvalue weighted by molar-refractivity contribution is 0.415. The Morgan fingerprint density at radius 2 is 1.67 bits per heavy atom. The van der Waals surface area contributed by atoms with Crippen molar-refractivity contribution in [1.29, 1.82) is 0 Å². The van der Waals surface area contributed by atoms with Gasteiger partial charge < -0.3 is 9.15 Å². The van der Waals surface area contributed by atoms with Crippen LogP contribution in [0.25, 0.3) is 33.7 Å². The Kier molecular flexibility index (Phi) is 3.50. The van der Waals surface area contributed by atoms with Gasteiger partial charge in [-0.2, -0.15) is 0 Å². The van der Waals surface area contributed by atoms with E-state index in [1.165, 1.54) is 6.07 Å². The molecule has 0 fully saturated rings. The number of methoxy groups -OCH3 is 1. The molecule has 24 heavy (non-hydrogen) atoms. The fraction of sp³-hybridized carbons (Fsp3) is 0.0500. The molecule has 4 heteroatoms. The second kappa shape index (κ2) is 5.81. The molecule has 0 N–H and O–H groups in total. The molecular weight excluding hydrogens is 305 g/mol. The number of fused-ring (bicyclic) bond motifs is 1. The lowest BCUT2D eigenvalue weighted by atomic mass is 10.1. The first-order valence-electron chi connectivity index (χ1n) is 7.54. The summed E-state index contributed by atoms with van der Waals surface area (Å²) >= 11 is 0. The first-order valence-corrected chi connectivity index (χ1v) is 7.54. The second-order valence-corrected chi connectivity index (χ2v) is 5.41. The maximum Gasteiger partial charge on any atom is 0.227 e. The Balaban J connectivity index is 1.77. The van der Waals surface area contributed by atoms with Crippen LogP contribution in [0.2, 0.25) is 0 Å². The molecule has 0 spiro atoms. The van der Waals surface area contributed by atoms with E-state index in [9.17, 15) is 4.39 Å². The highest BCUT2D eigenvalue weighted by Crippen LogP contribution is 2.30. The van der Waals surface area contributed by atoms with Crippen LogP contribution < -0.4 is 4.74 Å². The smallest absolute Gasteiger partial charge is 0.227 e. The predicted molar refractivity (Wildman–Crippen MR) is 91.4 cm³/mol. The molecule has 1 heterocycles. The molecular formula is C20H14FNO2. The number of oxazole rings is 1. The summed E-state index contributed by atoms with van der Waals surface area (Å²) in [6.45, 7) is 0. The maximum atomic E-state index is 14.0. The van der Waals surface area contributed by atoms with Gasteiger partial charge in [0.1, 0.15) is 17.1 Å². The minimum Gasteiger partial charge on any atom is -0.497 e. The summed E-state index contributed by atoms with van der Waals surface area (Å²) in [5.41, 5.74) is 3.53. The molecule has 3 nitrogen and oxygen atoms in total. The number of hydrogen-bond acceptors (Lipinski definition) is 3. The Bertz CT molecular complexity index is 1010. The lowest BCUT2D eigenvalue weighted by Gasteiger charge is -2.02. The van der Waals surface area contributed by atoms with E-state index >= 15 is 0 Å². The summed E-state index contributed by atoms with van der Waals surface area (Å²) in [7, 11) is 1.62. The molecule has 0 amide bonds. The number of benzene rings is 3. The van der Waals surface area contributed by atoms with Crippen LogP contribution in [0.1, 0.15) is 0 Å². The summed E-state index contributed by atoms with van der Waals surface area (Å²) in [5.74, 6) is 1.04. The lowest BCUT2D eigenvalue weighted by Crippen LogP contribution is -1.83. The fourth-order valence-corrected chi connectivity index (χ4v) is 2.64. The summed E-state index contributed by atoms with van der Waals surface area (Å²) in [6.07, 6.45) is 0. The molecule has 0 saturated carbocycles. The van der Waals surface area contributed by atoms with Gasteiger partial charge in [0.05, 0.1) is 7.11 Å².